The molecule has 5 heteroatoms. The van der Waals surface area contributed by atoms with Crippen LogP contribution in [-0.4, -0.2) is 51.3 Å². The molecule has 1 fully saturated rings. The fourth-order valence-corrected chi connectivity index (χ4v) is 2.42. The molecule has 1 aromatic carbocycles. The van der Waals surface area contributed by atoms with Crippen LogP contribution in [0, 0.1) is 0 Å². The Labute approximate surface area is 119 Å². The van der Waals surface area contributed by atoms with Crippen molar-refractivity contribution in [1.29, 1.82) is 0 Å². The van der Waals surface area contributed by atoms with E-state index in [1.807, 2.05) is 23.1 Å². The molecule has 5 nitrogen and oxygen atoms in total. The van der Waals surface area contributed by atoms with Crippen LogP contribution in [0.2, 0.25) is 0 Å². The van der Waals surface area contributed by atoms with Crippen molar-refractivity contribution in [3.05, 3.63) is 23.8 Å². The van der Waals surface area contributed by atoms with Gasteiger partial charge in [-0.25, -0.2) is 0 Å². The van der Waals surface area contributed by atoms with Gasteiger partial charge < -0.3 is 19.1 Å². The molecule has 1 unspecified atom stereocenters. The first-order chi connectivity index (χ1) is 9.67. The second kappa shape index (κ2) is 6.61. The van der Waals surface area contributed by atoms with Crippen molar-refractivity contribution < 1.29 is 19.0 Å². The quantitative estimate of drug-likeness (QED) is 0.819. The van der Waals surface area contributed by atoms with E-state index in [-0.39, 0.29) is 12.0 Å². The minimum atomic E-state index is 0.122. The van der Waals surface area contributed by atoms with Gasteiger partial charge in [0.05, 0.1) is 26.7 Å². The van der Waals surface area contributed by atoms with Crippen LogP contribution < -0.4 is 9.47 Å². The molecular weight excluding hydrogens is 258 g/mol. The summed E-state index contributed by atoms with van der Waals surface area (Å²) in [5, 5.41) is 0. The van der Waals surface area contributed by atoms with Crippen LogP contribution in [0.15, 0.2) is 18.2 Å². The maximum atomic E-state index is 12.2. The minimum Gasteiger partial charge on any atom is -0.493 e. The van der Waals surface area contributed by atoms with Crippen LogP contribution in [0.25, 0.3) is 0 Å². The van der Waals surface area contributed by atoms with Gasteiger partial charge in [-0.1, -0.05) is 6.07 Å². The average molecular weight is 279 g/mol. The average Bonchev–Trinajstić information content (AvgIpc) is 2.96. The van der Waals surface area contributed by atoms with Crippen molar-refractivity contribution in [2.45, 2.75) is 18.9 Å². The lowest BCUT2D eigenvalue weighted by molar-refractivity contribution is -0.129. The lowest BCUT2D eigenvalue weighted by Crippen LogP contribution is -2.31. The van der Waals surface area contributed by atoms with Gasteiger partial charge in [-0.15, -0.1) is 0 Å². The van der Waals surface area contributed by atoms with Crippen molar-refractivity contribution in [3.8, 4) is 11.5 Å². The third kappa shape index (κ3) is 3.22. The number of rotatable bonds is 5. The molecule has 1 aliphatic rings. The van der Waals surface area contributed by atoms with Crippen LogP contribution >= 0.6 is 0 Å². The van der Waals surface area contributed by atoms with Gasteiger partial charge in [0.15, 0.2) is 11.5 Å². The molecule has 1 amide bonds. The Kier molecular flexibility index (Phi) is 4.84. The highest BCUT2D eigenvalue weighted by molar-refractivity contribution is 5.79. The Morgan fingerprint density at radius 1 is 1.25 bits per heavy atom. The number of amides is 1. The van der Waals surface area contributed by atoms with Crippen LogP contribution in [0.3, 0.4) is 0 Å². The first-order valence-electron chi connectivity index (χ1n) is 6.69. The molecule has 0 aliphatic carbocycles. The Bertz CT molecular complexity index is 475. The predicted octanol–water partition coefficient (Wildman–Crippen LogP) is 1.49. The molecule has 0 radical (unpaired) electrons. The molecule has 1 aromatic rings. The molecule has 0 saturated carbocycles. The van der Waals surface area contributed by atoms with Crippen LogP contribution in [0.4, 0.5) is 0 Å². The maximum absolute atomic E-state index is 12.2. The fraction of sp³-hybridized carbons (Fsp3) is 0.533. The SMILES string of the molecule is COc1ccc(CC(=O)N2CCC(OC)C2)cc1OC. The Hall–Kier alpha value is -1.75. The largest absolute Gasteiger partial charge is 0.493 e. The number of ether oxygens (including phenoxy) is 3. The molecule has 1 atom stereocenters. The first-order valence-corrected chi connectivity index (χ1v) is 6.69. The summed E-state index contributed by atoms with van der Waals surface area (Å²) in [6.07, 6.45) is 1.45. The summed E-state index contributed by atoms with van der Waals surface area (Å²) in [4.78, 5) is 14.1. The van der Waals surface area contributed by atoms with Crippen molar-refractivity contribution in [3.63, 3.8) is 0 Å². The van der Waals surface area contributed by atoms with E-state index in [0.717, 1.165) is 18.5 Å². The normalized spacial score (nSPS) is 18.1. The van der Waals surface area contributed by atoms with E-state index in [1.165, 1.54) is 0 Å². The molecule has 1 saturated heterocycles. The van der Waals surface area contributed by atoms with Crippen LogP contribution in [-0.2, 0) is 16.0 Å². The summed E-state index contributed by atoms with van der Waals surface area (Å²) in [5.74, 6) is 1.44. The number of carbonyl (C=O) groups is 1. The second-order valence-electron chi connectivity index (χ2n) is 4.85. The van der Waals surface area contributed by atoms with Gasteiger partial charge in [-0.2, -0.15) is 0 Å². The summed E-state index contributed by atoms with van der Waals surface area (Å²) >= 11 is 0. The van der Waals surface area contributed by atoms with E-state index in [2.05, 4.69) is 0 Å². The van der Waals surface area contributed by atoms with Gasteiger partial charge in [-0.3, -0.25) is 4.79 Å². The molecular formula is C15H21NO4. The van der Waals surface area contributed by atoms with Gasteiger partial charge in [0.25, 0.3) is 0 Å². The van der Waals surface area contributed by atoms with Gasteiger partial charge in [0, 0.05) is 20.2 Å². The monoisotopic (exact) mass is 279 g/mol. The molecule has 0 N–H and O–H groups in total. The van der Waals surface area contributed by atoms with Gasteiger partial charge in [0.2, 0.25) is 5.91 Å². The number of hydrogen-bond donors (Lipinski definition) is 0. The number of nitrogens with zero attached hydrogens (tertiary/aromatic N) is 1. The van der Waals surface area contributed by atoms with E-state index in [0.29, 0.717) is 24.5 Å². The summed E-state index contributed by atoms with van der Waals surface area (Å²) in [6, 6.07) is 5.56. The summed E-state index contributed by atoms with van der Waals surface area (Å²) in [5.41, 5.74) is 0.925. The van der Waals surface area contributed by atoms with Gasteiger partial charge in [0.1, 0.15) is 0 Å². The molecule has 0 aromatic heterocycles. The zero-order valence-corrected chi connectivity index (χ0v) is 12.2. The fourth-order valence-electron chi connectivity index (χ4n) is 2.42. The van der Waals surface area contributed by atoms with E-state index in [1.54, 1.807) is 21.3 Å². The van der Waals surface area contributed by atoms with Crippen molar-refractivity contribution in [2.75, 3.05) is 34.4 Å². The molecule has 20 heavy (non-hydrogen) atoms. The number of likely N-dealkylation sites (tertiary alicyclic amines) is 1. The Morgan fingerprint density at radius 2 is 2.00 bits per heavy atom. The molecule has 1 aliphatic heterocycles. The number of carbonyl (C=O) groups excluding carboxylic acids is 1. The zero-order chi connectivity index (χ0) is 14.5. The summed E-state index contributed by atoms with van der Waals surface area (Å²) in [7, 11) is 4.87. The van der Waals surface area contributed by atoms with Crippen molar-refractivity contribution in [1.82, 2.24) is 4.90 Å². The topological polar surface area (TPSA) is 48.0 Å². The molecule has 2 rings (SSSR count). The number of benzene rings is 1. The Morgan fingerprint density at radius 3 is 2.60 bits per heavy atom. The molecule has 0 spiro atoms. The van der Waals surface area contributed by atoms with Crippen LogP contribution in [0.5, 0.6) is 11.5 Å². The van der Waals surface area contributed by atoms with E-state index in [4.69, 9.17) is 14.2 Å². The minimum absolute atomic E-state index is 0.122. The number of methoxy groups -OCH3 is 3. The third-order valence-corrected chi connectivity index (χ3v) is 3.63. The summed E-state index contributed by atoms with van der Waals surface area (Å²) < 4.78 is 15.7. The molecule has 0 bridgehead atoms. The summed E-state index contributed by atoms with van der Waals surface area (Å²) in [6.45, 7) is 1.45. The molecule has 110 valence electrons. The smallest absolute Gasteiger partial charge is 0.227 e. The molecule has 1 heterocycles. The van der Waals surface area contributed by atoms with Crippen LogP contribution in [0.1, 0.15) is 12.0 Å². The lowest BCUT2D eigenvalue weighted by Gasteiger charge is -2.16. The zero-order valence-electron chi connectivity index (χ0n) is 12.2. The van der Waals surface area contributed by atoms with Crippen molar-refractivity contribution in [2.24, 2.45) is 0 Å². The third-order valence-electron chi connectivity index (χ3n) is 3.63. The van der Waals surface area contributed by atoms with E-state index < -0.39 is 0 Å². The highest BCUT2D eigenvalue weighted by atomic mass is 16.5. The highest BCUT2D eigenvalue weighted by Gasteiger charge is 2.25. The van der Waals surface area contributed by atoms with Gasteiger partial charge >= 0.3 is 0 Å². The number of hydrogen-bond acceptors (Lipinski definition) is 4. The van der Waals surface area contributed by atoms with E-state index in [9.17, 15) is 4.79 Å². The second-order valence-corrected chi connectivity index (χ2v) is 4.85. The Balaban J connectivity index is 2.01. The lowest BCUT2D eigenvalue weighted by atomic mass is 10.1. The highest BCUT2D eigenvalue weighted by Crippen LogP contribution is 2.28. The first kappa shape index (κ1) is 14.7. The maximum Gasteiger partial charge on any atom is 0.227 e. The standard InChI is InChI=1S/C15H21NO4/c1-18-12-6-7-16(10-12)15(17)9-11-4-5-13(19-2)14(8-11)20-3/h4-5,8,12H,6-7,9-10H2,1-3H3. The predicted molar refractivity (Wildman–Crippen MR) is 75.2 cm³/mol. The van der Waals surface area contributed by atoms with E-state index >= 15 is 0 Å². The van der Waals surface area contributed by atoms with Gasteiger partial charge in [-0.05, 0) is 24.1 Å². The van der Waals surface area contributed by atoms with Crippen molar-refractivity contribution >= 4 is 5.91 Å².